The zero-order chi connectivity index (χ0) is 20.3. The maximum Gasteiger partial charge on any atom is 0.217 e. The van der Waals surface area contributed by atoms with Crippen LogP contribution in [0.2, 0.25) is 0 Å². The highest BCUT2D eigenvalue weighted by atomic mass is 16.7. The molecule has 3 rings (SSSR count). The Morgan fingerprint density at radius 3 is 2.39 bits per heavy atom. The molecule has 2 saturated heterocycles. The van der Waals surface area contributed by atoms with E-state index in [9.17, 15) is 15.8 Å². The van der Waals surface area contributed by atoms with Gasteiger partial charge >= 0.3 is 0 Å². The first kappa shape index (κ1) is 20.6. The SMILES string of the molecule is CCCCCCCC1OC23CCCCCCC2C(C#N)(C(=N)O3)C1(C#N)C#N. The maximum absolute atomic E-state index is 10.3. The molecule has 1 aliphatic carbocycles. The molecule has 1 saturated carbocycles. The molecule has 28 heavy (non-hydrogen) atoms. The minimum absolute atomic E-state index is 0.238. The molecule has 2 aliphatic heterocycles. The average molecular weight is 383 g/mol. The lowest BCUT2D eigenvalue weighted by Crippen LogP contribution is -2.62. The lowest BCUT2D eigenvalue weighted by molar-refractivity contribution is -0.287. The monoisotopic (exact) mass is 382 g/mol. The van der Waals surface area contributed by atoms with Gasteiger partial charge in [-0.05, 0) is 19.3 Å². The second-order valence-electron chi connectivity index (χ2n) is 8.51. The number of nitrogens with one attached hydrogen (secondary N) is 1. The molecule has 3 fully saturated rings. The summed E-state index contributed by atoms with van der Waals surface area (Å²) in [4.78, 5) is 0. The molecule has 0 aromatic heterocycles. The van der Waals surface area contributed by atoms with E-state index in [-0.39, 0.29) is 5.90 Å². The van der Waals surface area contributed by atoms with Gasteiger partial charge < -0.3 is 9.47 Å². The van der Waals surface area contributed by atoms with Crippen molar-refractivity contribution in [3.8, 4) is 18.2 Å². The summed E-state index contributed by atoms with van der Waals surface area (Å²) in [5.41, 5.74) is -3.24. The zero-order valence-corrected chi connectivity index (χ0v) is 16.8. The third-order valence-electron chi connectivity index (χ3n) is 7.00. The van der Waals surface area contributed by atoms with Crippen molar-refractivity contribution in [1.82, 2.24) is 0 Å². The van der Waals surface area contributed by atoms with Gasteiger partial charge in [0.15, 0.2) is 10.8 Å². The van der Waals surface area contributed by atoms with E-state index in [4.69, 9.17) is 14.9 Å². The van der Waals surface area contributed by atoms with E-state index in [2.05, 4.69) is 25.1 Å². The highest BCUT2D eigenvalue weighted by Crippen LogP contribution is 2.65. The number of nitriles is 3. The van der Waals surface area contributed by atoms with Crippen LogP contribution in [0.25, 0.3) is 0 Å². The fourth-order valence-electron chi connectivity index (χ4n) is 5.52. The number of hydrogen-bond acceptors (Lipinski definition) is 6. The molecule has 3 aliphatic rings. The normalized spacial score (nSPS) is 36.0. The third-order valence-corrected chi connectivity index (χ3v) is 7.00. The van der Waals surface area contributed by atoms with Gasteiger partial charge in [0.25, 0.3) is 0 Å². The Morgan fingerprint density at radius 2 is 1.71 bits per heavy atom. The topological polar surface area (TPSA) is 114 Å². The summed E-state index contributed by atoms with van der Waals surface area (Å²) in [6.45, 7) is 2.16. The van der Waals surface area contributed by atoms with Gasteiger partial charge in [-0.1, -0.05) is 58.3 Å². The van der Waals surface area contributed by atoms with Crippen LogP contribution in [0.4, 0.5) is 0 Å². The van der Waals surface area contributed by atoms with Crippen LogP contribution >= 0.6 is 0 Å². The van der Waals surface area contributed by atoms with Gasteiger partial charge in [-0.15, -0.1) is 0 Å². The summed E-state index contributed by atoms with van der Waals surface area (Å²) in [5, 5.41) is 39.1. The average Bonchev–Trinajstić information content (AvgIpc) is 2.85. The molecule has 150 valence electrons. The minimum Gasteiger partial charge on any atom is -0.447 e. The summed E-state index contributed by atoms with van der Waals surface area (Å²) in [7, 11) is 0. The summed E-state index contributed by atoms with van der Waals surface area (Å²) < 4.78 is 12.4. The quantitative estimate of drug-likeness (QED) is 0.652. The van der Waals surface area contributed by atoms with Gasteiger partial charge in [-0.3, -0.25) is 5.41 Å². The van der Waals surface area contributed by atoms with E-state index in [0.29, 0.717) is 19.3 Å². The van der Waals surface area contributed by atoms with Crippen LogP contribution in [0, 0.1) is 56.2 Å². The van der Waals surface area contributed by atoms with E-state index in [1.807, 2.05) is 0 Å². The highest BCUT2D eigenvalue weighted by Gasteiger charge is 2.79. The van der Waals surface area contributed by atoms with Crippen molar-refractivity contribution < 1.29 is 9.47 Å². The Morgan fingerprint density at radius 1 is 1.00 bits per heavy atom. The molecule has 1 N–H and O–H groups in total. The third kappa shape index (κ3) is 2.80. The van der Waals surface area contributed by atoms with Crippen LogP contribution in [0.1, 0.15) is 84.0 Å². The summed E-state index contributed by atoms with van der Waals surface area (Å²) in [5.74, 6) is -1.70. The van der Waals surface area contributed by atoms with Gasteiger partial charge in [-0.2, -0.15) is 15.8 Å². The van der Waals surface area contributed by atoms with Crippen molar-refractivity contribution in [2.24, 2.45) is 16.7 Å². The van der Waals surface area contributed by atoms with Gasteiger partial charge in [0.05, 0.1) is 30.2 Å². The molecule has 0 aromatic rings. The molecule has 0 amide bonds. The van der Waals surface area contributed by atoms with Crippen LogP contribution in [0.5, 0.6) is 0 Å². The van der Waals surface area contributed by atoms with Crippen LogP contribution < -0.4 is 0 Å². The van der Waals surface area contributed by atoms with Crippen molar-refractivity contribution in [3.63, 3.8) is 0 Å². The molecule has 0 radical (unpaired) electrons. The standard InChI is InChI=1S/C22H30N4O2/c1-2-3-4-5-9-12-18-20(14-23,15-24)21(16-25)17-11-8-6-7-10-13-22(17,27-18)28-19(21)26/h17-18,26H,2-13H2,1H3. The Labute approximate surface area is 167 Å². The fourth-order valence-corrected chi connectivity index (χ4v) is 5.52. The highest BCUT2D eigenvalue weighted by molar-refractivity contribution is 5.89. The van der Waals surface area contributed by atoms with E-state index < -0.39 is 28.6 Å². The van der Waals surface area contributed by atoms with Crippen LogP contribution in [-0.4, -0.2) is 17.8 Å². The molecule has 0 aromatic carbocycles. The Kier molecular flexibility index (Phi) is 5.97. The van der Waals surface area contributed by atoms with Crippen LogP contribution in [0.3, 0.4) is 0 Å². The van der Waals surface area contributed by atoms with E-state index >= 15 is 0 Å². The molecule has 4 unspecified atom stereocenters. The zero-order valence-electron chi connectivity index (χ0n) is 16.8. The minimum atomic E-state index is -1.70. The van der Waals surface area contributed by atoms with Gasteiger partial charge in [0.2, 0.25) is 11.7 Å². The predicted molar refractivity (Wildman–Crippen MR) is 103 cm³/mol. The Balaban J connectivity index is 2.00. The smallest absolute Gasteiger partial charge is 0.217 e. The fraction of sp³-hybridized carbons (Fsp3) is 0.818. The van der Waals surface area contributed by atoms with Gasteiger partial charge in [0, 0.05) is 6.42 Å². The first-order valence-corrected chi connectivity index (χ1v) is 10.8. The number of nitrogens with zero attached hydrogens (tertiary/aromatic N) is 3. The summed E-state index contributed by atoms with van der Waals surface area (Å²) >= 11 is 0. The number of unbranched alkanes of at least 4 members (excludes halogenated alkanes) is 4. The van der Waals surface area contributed by atoms with Crippen LogP contribution in [-0.2, 0) is 9.47 Å². The Bertz CT molecular complexity index is 716. The van der Waals surface area contributed by atoms with Crippen molar-refractivity contribution in [3.05, 3.63) is 0 Å². The molecule has 2 heterocycles. The largest absolute Gasteiger partial charge is 0.447 e. The van der Waals surface area contributed by atoms with E-state index in [1.54, 1.807) is 0 Å². The van der Waals surface area contributed by atoms with Crippen LogP contribution in [0.15, 0.2) is 0 Å². The molecule has 4 atom stereocenters. The second-order valence-corrected chi connectivity index (χ2v) is 8.51. The first-order chi connectivity index (χ1) is 13.6. The first-order valence-electron chi connectivity index (χ1n) is 10.8. The van der Waals surface area contributed by atoms with Gasteiger partial charge in [-0.25, -0.2) is 0 Å². The van der Waals surface area contributed by atoms with Crippen molar-refractivity contribution in [2.45, 2.75) is 95.9 Å². The number of ether oxygens (including phenoxy) is 2. The molecular formula is C22H30N4O2. The van der Waals surface area contributed by atoms with Gasteiger partial charge in [0.1, 0.15) is 0 Å². The number of rotatable bonds is 6. The molecule has 2 bridgehead atoms. The second kappa shape index (κ2) is 8.10. The van der Waals surface area contributed by atoms with Crippen molar-refractivity contribution >= 4 is 5.90 Å². The predicted octanol–water partition coefficient (Wildman–Crippen LogP) is 4.96. The molecule has 6 heteroatoms. The summed E-state index contributed by atoms with van der Waals surface area (Å²) in [6.07, 6.45) is 10.3. The van der Waals surface area contributed by atoms with Crippen molar-refractivity contribution in [2.75, 3.05) is 0 Å². The molecular weight excluding hydrogens is 352 g/mol. The lowest BCUT2D eigenvalue weighted by atomic mass is 9.52. The van der Waals surface area contributed by atoms with Crippen molar-refractivity contribution in [1.29, 1.82) is 21.2 Å². The van der Waals surface area contributed by atoms with E-state index in [0.717, 1.165) is 57.8 Å². The van der Waals surface area contributed by atoms with E-state index in [1.165, 1.54) is 0 Å². The number of hydrogen-bond donors (Lipinski definition) is 1. The molecule has 0 spiro atoms. The molecule has 6 nitrogen and oxygen atoms in total. The lowest BCUT2D eigenvalue weighted by Gasteiger charge is -2.50. The summed E-state index contributed by atoms with van der Waals surface area (Å²) in [6, 6.07) is 6.57. The maximum atomic E-state index is 10.3. The Hall–Kier alpha value is -2.10.